The third-order valence-electron chi connectivity index (χ3n) is 4.85. The molecule has 1 amide bonds. The number of thiophene rings is 1. The molecule has 2 aromatic heterocycles. The van der Waals surface area contributed by atoms with Crippen LogP contribution in [-0.4, -0.2) is 35.1 Å². The van der Waals surface area contributed by atoms with Crippen LogP contribution in [0, 0.1) is 12.3 Å². The predicted octanol–water partition coefficient (Wildman–Crippen LogP) is 4.33. The van der Waals surface area contributed by atoms with E-state index in [0.717, 1.165) is 53.5 Å². The number of pyridine rings is 1. The SMILES string of the molecule is Cc1sc(Oc2ccc(C(=O)N3CCC3)nc2)c2c1CCC(C=N)=C2S. The predicted molar refractivity (Wildman–Crippen MR) is 107 cm³/mol. The molecule has 134 valence electrons. The Hall–Kier alpha value is -2.12. The van der Waals surface area contributed by atoms with E-state index in [9.17, 15) is 4.79 Å². The highest BCUT2D eigenvalue weighted by molar-refractivity contribution is 7.90. The number of rotatable bonds is 4. The molecule has 1 aliphatic heterocycles. The summed E-state index contributed by atoms with van der Waals surface area (Å²) in [6.07, 6.45) is 5.77. The molecule has 26 heavy (non-hydrogen) atoms. The van der Waals surface area contributed by atoms with E-state index in [0.29, 0.717) is 11.4 Å². The first-order valence-corrected chi connectivity index (χ1v) is 9.83. The van der Waals surface area contributed by atoms with Crippen LogP contribution in [0.1, 0.15) is 39.3 Å². The summed E-state index contributed by atoms with van der Waals surface area (Å²) in [6, 6.07) is 3.49. The van der Waals surface area contributed by atoms with Crippen molar-refractivity contribution in [1.29, 1.82) is 5.41 Å². The van der Waals surface area contributed by atoms with Gasteiger partial charge in [0, 0.05) is 34.6 Å². The van der Waals surface area contributed by atoms with Crippen molar-refractivity contribution in [2.24, 2.45) is 0 Å². The maximum absolute atomic E-state index is 12.2. The number of hydrogen-bond acceptors (Lipinski definition) is 6. The first-order chi connectivity index (χ1) is 12.6. The molecule has 0 aromatic carbocycles. The quantitative estimate of drug-likeness (QED) is 0.608. The highest BCUT2D eigenvalue weighted by Gasteiger charge is 2.25. The van der Waals surface area contributed by atoms with Gasteiger partial charge in [-0.15, -0.1) is 24.0 Å². The molecule has 0 radical (unpaired) electrons. The summed E-state index contributed by atoms with van der Waals surface area (Å²) in [6.45, 7) is 3.71. The first kappa shape index (κ1) is 17.3. The molecule has 1 N–H and O–H groups in total. The van der Waals surface area contributed by atoms with E-state index < -0.39 is 0 Å². The van der Waals surface area contributed by atoms with Crippen molar-refractivity contribution < 1.29 is 9.53 Å². The van der Waals surface area contributed by atoms with Crippen molar-refractivity contribution >= 4 is 41.0 Å². The lowest BCUT2D eigenvalue weighted by Crippen LogP contribution is -2.42. The first-order valence-electron chi connectivity index (χ1n) is 8.57. The van der Waals surface area contributed by atoms with Crippen molar-refractivity contribution in [3.63, 3.8) is 0 Å². The molecule has 0 saturated carbocycles. The van der Waals surface area contributed by atoms with Crippen molar-refractivity contribution in [1.82, 2.24) is 9.88 Å². The van der Waals surface area contributed by atoms with Gasteiger partial charge in [-0.2, -0.15) is 0 Å². The summed E-state index contributed by atoms with van der Waals surface area (Å²) in [4.78, 5) is 20.3. The number of carbonyl (C=O) groups excluding carboxylic acids is 1. The zero-order valence-electron chi connectivity index (χ0n) is 14.4. The van der Waals surface area contributed by atoms with Gasteiger partial charge in [-0.3, -0.25) is 4.79 Å². The summed E-state index contributed by atoms with van der Waals surface area (Å²) in [7, 11) is 0. The number of ether oxygens (including phenoxy) is 1. The van der Waals surface area contributed by atoms with Crippen LogP contribution in [0.3, 0.4) is 0 Å². The lowest BCUT2D eigenvalue weighted by Gasteiger charge is -2.30. The second-order valence-electron chi connectivity index (χ2n) is 6.44. The Kier molecular flexibility index (Phi) is 4.58. The second-order valence-corrected chi connectivity index (χ2v) is 8.08. The molecule has 1 saturated heterocycles. The molecule has 0 unspecified atom stereocenters. The lowest BCUT2D eigenvalue weighted by molar-refractivity contribution is 0.0645. The van der Waals surface area contributed by atoms with Crippen LogP contribution < -0.4 is 4.74 Å². The van der Waals surface area contributed by atoms with E-state index in [1.807, 2.05) is 0 Å². The number of thiol groups is 1. The molecule has 1 fully saturated rings. The second kappa shape index (κ2) is 6.89. The third-order valence-corrected chi connectivity index (χ3v) is 6.38. The van der Waals surface area contributed by atoms with Gasteiger partial charge in [0.05, 0.1) is 6.20 Å². The molecule has 0 spiro atoms. The topological polar surface area (TPSA) is 66.3 Å². The van der Waals surface area contributed by atoms with E-state index in [2.05, 4.69) is 24.5 Å². The van der Waals surface area contributed by atoms with Crippen LogP contribution in [0.2, 0.25) is 0 Å². The van der Waals surface area contributed by atoms with Crippen LogP contribution in [0.25, 0.3) is 4.91 Å². The van der Waals surface area contributed by atoms with Crippen molar-refractivity contribution in [3.8, 4) is 10.8 Å². The zero-order chi connectivity index (χ0) is 18.3. The molecule has 3 heterocycles. The molecule has 4 rings (SSSR count). The van der Waals surface area contributed by atoms with Crippen LogP contribution in [-0.2, 0) is 6.42 Å². The Morgan fingerprint density at radius 2 is 2.19 bits per heavy atom. The molecule has 2 aromatic rings. The van der Waals surface area contributed by atoms with Gasteiger partial charge < -0.3 is 15.0 Å². The minimum absolute atomic E-state index is 0.0247. The summed E-state index contributed by atoms with van der Waals surface area (Å²) in [5.41, 5.74) is 3.61. The van der Waals surface area contributed by atoms with Crippen molar-refractivity contribution in [2.45, 2.75) is 26.2 Å². The normalized spacial score (nSPS) is 16.2. The number of nitrogens with zero attached hydrogens (tertiary/aromatic N) is 2. The number of nitrogens with one attached hydrogen (secondary N) is 1. The smallest absolute Gasteiger partial charge is 0.272 e. The third kappa shape index (κ3) is 2.95. The molecule has 7 heteroatoms. The molecular formula is C19H19N3O2S2. The Balaban J connectivity index is 1.60. The Morgan fingerprint density at radius 3 is 2.81 bits per heavy atom. The van der Waals surface area contributed by atoms with Crippen LogP contribution in [0.15, 0.2) is 23.9 Å². The van der Waals surface area contributed by atoms with Crippen LogP contribution in [0.5, 0.6) is 10.8 Å². The van der Waals surface area contributed by atoms with Gasteiger partial charge in [0.1, 0.15) is 11.4 Å². The van der Waals surface area contributed by atoms with E-state index in [4.69, 9.17) is 10.1 Å². The van der Waals surface area contributed by atoms with Crippen LogP contribution in [0.4, 0.5) is 0 Å². The van der Waals surface area contributed by atoms with Gasteiger partial charge in [-0.25, -0.2) is 4.98 Å². The highest BCUT2D eigenvalue weighted by Crippen LogP contribution is 2.47. The number of aryl methyl sites for hydroxylation is 1. The number of amides is 1. The van der Waals surface area contributed by atoms with E-state index in [-0.39, 0.29) is 5.91 Å². The molecule has 1 aliphatic carbocycles. The highest BCUT2D eigenvalue weighted by atomic mass is 32.1. The van der Waals surface area contributed by atoms with Crippen LogP contribution >= 0.6 is 24.0 Å². The average molecular weight is 386 g/mol. The maximum Gasteiger partial charge on any atom is 0.272 e. The maximum atomic E-state index is 12.2. The number of hydrogen-bond donors (Lipinski definition) is 2. The number of allylic oxidation sites excluding steroid dienone is 1. The minimum Gasteiger partial charge on any atom is -0.444 e. The minimum atomic E-state index is -0.0247. The lowest BCUT2D eigenvalue weighted by atomic mass is 9.94. The Labute approximate surface area is 161 Å². The summed E-state index contributed by atoms with van der Waals surface area (Å²) in [5, 5.41) is 8.34. The van der Waals surface area contributed by atoms with Gasteiger partial charge in [0.2, 0.25) is 0 Å². The number of carbonyl (C=O) groups is 1. The van der Waals surface area contributed by atoms with Gasteiger partial charge in [-0.1, -0.05) is 0 Å². The van der Waals surface area contributed by atoms with Gasteiger partial charge in [-0.05, 0) is 49.5 Å². The molecule has 0 bridgehead atoms. The summed E-state index contributed by atoms with van der Waals surface area (Å²) >= 11 is 6.22. The Bertz CT molecular complexity index is 912. The zero-order valence-corrected chi connectivity index (χ0v) is 16.1. The van der Waals surface area contributed by atoms with E-state index in [1.54, 1.807) is 34.6 Å². The van der Waals surface area contributed by atoms with Gasteiger partial charge in [0.25, 0.3) is 5.91 Å². The Morgan fingerprint density at radius 1 is 1.38 bits per heavy atom. The molecule has 0 atom stereocenters. The monoisotopic (exact) mass is 385 g/mol. The largest absolute Gasteiger partial charge is 0.444 e. The average Bonchev–Trinajstić information content (AvgIpc) is 2.91. The molecule has 2 aliphatic rings. The molecular weight excluding hydrogens is 366 g/mol. The summed E-state index contributed by atoms with van der Waals surface area (Å²) in [5.74, 6) is 0.570. The molecule has 5 nitrogen and oxygen atoms in total. The van der Waals surface area contributed by atoms with E-state index >= 15 is 0 Å². The van der Waals surface area contributed by atoms with Gasteiger partial charge >= 0.3 is 0 Å². The van der Waals surface area contributed by atoms with E-state index in [1.165, 1.54) is 16.7 Å². The fraction of sp³-hybridized carbons (Fsp3) is 0.316. The van der Waals surface area contributed by atoms with Gasteiger partial charge in [0.15, 0.2) is 5.06 Å². The summed E-state index contributed by atoms with van der Waals surface area (Å²) < 4.78 is 6.07. The standard InChI is InChI=1S/C19H19N3O2S2/c1-11-14-5-3-12(9-20)17(25)16(14)19(26-11)24-13-4-6-15(21-10-13)18(23)22-7-2-8-22/h4,6,9-10,20,25H,2-3,5,7-8H2,1H3. The number of fused-ring (bicyclic) bond motifs is 1. The number of likely N-dealkylation sites (tertiary alicyclic amines) is 1. The van der Waals surface area contributed by atoms with Crippen molar-refractivity contribution in [3.05, 3.63) is 45.6 Å². The van der Waals surface area contributed by atoms with Crippen molar-refractivity contribution in [2.75, 3.05) is 13.1 Å². The fourth-order valence-electron chi connectivity index (χ4n) is 3.20. The number of aromatic nitrogens is 1. The fourth-order valence-corrected chi connectivity index (χ4v) is 4.76.